The Morgan fingerprint density at radius 3 is 2.82 bits per heavy atom. The largest absolute Gasteiger partial charge is 0.356 e. The highest BCUT2D eigenvalue weighted by molar-refractivity contribution is 5.76. The Bertz CT molecular complexity index is 830. The molecule has 0 aromatic carbocycles. The van der Waals surface area contributed by atoms with Crippen molar-refractivity contribution in [1.82, 2.24) is 10.3 Å². The summed E-state index contributed by atoms with van der Waals surface area (Å²) in [6.45, 7) is 8.15. The summed E-state index contributed by atoms with van der Waals surface area (Å²) >= 11 is 0. The molecule has 6 atom stereocenters. The Morgan fingerprint density at radius 1 is 1.14 bits per heavy atom. The maximum atomic E-state index is 12.2. The summed E-state index contributed by atoms with van der Waals surface area (Å²) < 4.78 is 0. The molecule has 1 aliphatic heterocycles. The molecule has 1 aromatic rings. The van der Waals surface area contributed by atoms with E-state index in [0.717, 1.165) is 37.1 Å². The first-order chi connectivity index (χ1) is 13.4. The molecule has 3 fully saturated rings. The highest BCUT2D eigenvalue weighted by atomic mass is 16.1. The van der Waals surface area contributed by atoms with E-state index < -0.39 is 0 Å². The zero-order valence-corrected chi connectivity index (χ0v) is 17.6. The van der Waals surface area contributed by atoms with Crippen molar-refractivity contribution in [2.24, 2.45) is 34.5 Å². The Morgan fingerprint density at radius 2 is 2.00 bits per heavy atom. The molecule has 150 valence electrons. The van der Waals surface area contributed by atoms with E-state index in [0.29, 0.717) is 11.3 Å². The molecule has 3 nitrogen and oxygen atoms in total. The quantitative estimate of drug-likeness (QED) is 0.734. The smallest absolute Gasteiger partial charge is 0.220 e. The summed E-state index contributed by atoms with van der Waals surface area (Å²) in [6, 6.07) is 2.15. The van der Waals surface area contributed by atoms with Crippen molar-refractivity contribution in [1.29, 1.82) is 0 Å². The van der Waals surface area contributed by atoms with Crippen LogP contribution in [0, 0.1) is 41.4 Å². The third kappa shape index (κ3) is 2.54. The molecular weight excluding hydrogens is 344 g/mol. The Kier molecular flexibility index (Phi) is 4.23. The van der Waals surface area contributed by atoms with Crippen LogP contribution in [-0.2, 0) is 4.79 Å². The Hall–Kier alpha value is -1.64. The van der Waals surface area contributed by atoms with Crippen LogP contribution in [0.15, 0.2) is 24.5 Å². The molecule has 1 aromatic heterocycles. The fourth-order valence-electron chi connectivity index (χ4n) is 7.76. The summed E-state index contributed by atoms with van der Waals surface area (Å²) in [6.07, 6.45) is 14.8. The second-order valence-electron chi connectivity index (χ2n) is 10.5. The van der Waals surface area contributed by atoms with E-state index in [9.17, 15) is 4.79 Å². The van der Waals surface area contributed by atoms with Crippen molar-refractivity contribution in [3.63, 3.8) is 0 Å². The lowest BCUT2D eigenvalue weighted by molar-refractivity contribution is -0.124. The third-order valence-electron chi connectivity index (χ3n) is 9.39. The minimum atomic E-state index is 0.282. The number of hydrogen-bond donors (Lipinski definition) is 1. The number of nitrogens with one attached hydrogen (secondary N) is 1. The molecule has 0 bridgehead atoms. The molecule has 4 aliphatic rings. The molecule has 5 rings (SSSR count). The van der Waals surface area contributed by atoms with Gasteiger partial charge in [-0.2, -0.15) is 0 Å². The monoisotopic (exact) mass is 378 g/mol. The van der Waals surface area contributed by atoms with Crippen molar-refractivity contribution in [2.45, 2.75) is 65.7 Å². The number of pyridine rings is 1. The van der Waals surface area contributed by atoms with Gasteiger partial charge in [-0.3, -0.25) is 9.78 Å². The van der Waals surface area contributed by atoms with Gasteiger partial charge in [0.2, 0.25) is 5.91 Å². The number of amides is 1. The van der Waals surface area contributed by atoms with Gasteiger partial charge in [-0.15, -0.1) is 0 Å². The molecule has 0 unspecified atom stereocenters. The normalized spacial score (nSPS) is 42.5. The van der Waals surface area contributed by atoms with Gasteiger partial charge in [-0.25, -0.2) is 0 Å². The van der Waals surface area contributed by atoms with Gasteiger partial charge in [0.05, 0.1) is 0 Å². The van der Waals surface area contributed by atoms with E-state index in [2.05, 4.69) is 49.4 Å². The van der Waals surface area contributed by atoms with Crippen LogP contribution >= 0.6 is 0 Å². The summed E-state index contributed by atoms with van der Waals surface area (Å²) in [7, 11) is 0. The second-order valence-corrected chi connectivity index (χ2v) is 10.5. The summed E-state index contributed by atoms with van der Waals surface area (Å²) in [5.74, 6) is 3.20. The van der Waals surface area contributed by atoms with Crippen LogP contribution in [0.3, 0.4) is 0 Å². The average Bonchev–Trinajstić information content (AvgIpc) is 2.93. The first-order valence-electron chi connectivity index (χ1n) is 11.3. The standard InChI is InChI=1S/C25H34N2O/c1-16-9-12-26-15-19(16)21-7-6-20-18-5-4-17-14-23(28)27-13-11-24(17,2)22(18)8-10-25(20,21)3/h7,9,12,15,17-18,20,22H,4-6,8,10-11,13-14H2,1-3H3,(H,27,28)/t17-,18-,20-,22-,24-,25-/m0/s1. The van der Waals surface area contributed by atoms with Crippen LogP contribution in [0.1, 0.15) is 69.9 Å². The molecule has 1 N–H and O–H groups in total. The van der Waals surface area contributed by atoms with Crippen molar-refractivity contribution in [3.8, 4) is 0 Å². The fourth-order valence-corrected chi connectivity index (χ4v) is 7.76. The maximum Gasteiger partial charge on any atom is 0.220 e. The van der Waals surface area contributed by atoms with Crippen molar-refractivity contribution < 1.29 is 4.79 Å². The second kappa shape index (κ2) is 6.43. The lowest BCUT2D eigenvalue weighted by Crippen LogP contribution is -2.51. The molecule has 2 heterocycles. The van der Waals surface area contributed by atoms with Gasteiger partial charge in [-0.1, -0.05) is 19.9 Å². The Balaban J connectivity index is 1.46. The molecule has 3 aliphatic carbocycles. The van der Waals surface area contributed by atoms with Gasteiger partial charge < -0.3 is 5.32 Å². The number of carbonyl (C=O) groups is 1. The van der Waals surface area contributed by atoms with Crippen LogP contribution < -0.4 is 5.32 Å². The number of allylic oxidation sites excluding steroid dienone is 2. The molecular formula is C25H34N2O. The van der Waals surface area contributed by atoms with E-state index in [1.54, 1.807) is 5.57 Å². The molecule has 3 heteroatoms. The highest BCUT2D eigenvalue weighted by Crippen LogP contribution is 2.66. The number of aromatic nitrogens is 1. The third-order valence-corrected chi connectivity index (χ3v) is 9.39. The van der Waals surface area contributed by atoms with E-state index >= 15 is 0 Å². The zero-order chi connectivity index (χ0) is 19.5. The van der Waals surface area contributed by atoms with Crippen molar-refractivity contribution in [2.75, 3.05) is 6.54 Å². The maximum absolute atomic E-state index is 12.2. The van der Waals surface area contributed by atoms with Crippen molar-refractivity contribution >= 4 is 11.5 Å². The summed E-state index contributed by atoms with van der Waals surface area (Å²) in [5.41, 5.74) is 4.91. The molecule has 0 spiro atoms. The highest BCUT2D eigenvalue weighted by Gasteiger charge is 2.58. The van der Waals surface area contributed by atoms with Crippen molar-refractivity contribution in [3.05, 3.63) is 35.7 Å². The number of carbonyl (C=O) groups excluding carboxylic acids is 1. The van der Waals surface area contributed by atoms with E-state index in [-0.39, 0.29) is 11.3 Å². The Labute approximate surface area is 169 Å². The van der Waals surface area contributed by atoms with E-state index in [1.807, 2.05) is 6.20 Å². The SMILES string of the molecule is Cc1ccncc1C1=CC[C@H]2[C@@H]3CC[C@H]4CC(=O)NCC[C@]4(C)[C@H]3CC[C@]12C. The number of rotatable bonds is 1. The minimum absolute atomic E-state index is 0.282. The molecule has 0 radical (unpaired) electrons. The summed E-state index contributed by atoms with van der Waals surface area (Å²) in [5, 5.41) is 3.15. The molecule has 1 saturated heterocycles. The zero-order valence-electron chi connectivity index (χ0n) is 17.6. The van der Waals surface area contributed by atoms with Gasteiger partial charge >= 0.3 is 0 Å². The van der Waals surface area contributed by atoms with Crippen LogP contribution in [0.2, 0.25) is 0 Å². The lowest BCUT2D eigenvalue weighted by Gasteiger charge is -2.58. The first-order valence-corrected chi connectivity index (χ1v) is 11.3. The van der Waals surface area contributed by atoms with Gasteiger partial charge in [0.1, 0.15) is 0 Å². The van der Waals surface area contributed by atoms with E-state index in [4.69, 9.17) is 0 Å². The van der Waals surface area contributed by atoms with E-state index in [1.165, 1.54) is 43.2 Å². The molecule has 28 heavy (non-hydrogen) atoms. The van der Waals surface area contributed by atoms with Crippen LogP contribution in [0.4, 0.5) is 0 Å². The number of aryl methyl sites for hydroxylation is 1. The summed E-state index contributed by atoms with van der Waals surface area (Å²) in [4.78, 5) is 16.6. The number of fused-ring (bicyclic) bond motifs is 5. The van der Waals surface area contributed by atoms with Crippen LogP contribution in [0.25, 0.3) is 5.57 Å². The van der Waals surface area contributed by atoms with Crippen LogP contribution in [-0.4, -0.2) is 17.4 Å². The topological polar surface area (TPSA) is 42.0 Å². The molecule has 1 amide bonds. The first kappa shape index (κ1) is 18.4. The minimum Gasteiger partial charge on any atom is -0.356 e. The van der Waals surface area contributed by atoms with Gasteiger partial charge in [-0.05, 0) is 103 Å². The predicted molar refractivity (Wildman–Crippen MR) is 112 cm³/mol. The van der Waals surface area contributed by atoms with Crippen LogP contribution in [0.5, 0.6) is 0 Å². The lowest BCUT2D eigenvalue weighted by atomic mass is 9.46. The molecule has 2 saturated carbocycles. The van der Waals surface area contributed by atoms with Gasteiger partial charge in [0.15, 0.2) is 0 Å². The number of nitrogens with zero attached hydrogens (tertiary/aromatic N) is 1. The predicted octanol–water partition coefficient (Wildman–Crippen LogP) is 5.15. The van der Waals surface area contributed by atoms with Gasteiger partial charge in [0, 0.05) is 25.4 Å². The fraction of sp³-hybridized carbons (Fsp3) is 0.680. The van der Waals surface area contributed by atoms with Gasteiger partial charge in [0.25, 0.3) is 0 Å². The number of hydrogen-bond acceptors (Lipinski definition) is 2. The average molecular weight is 379 g/mol.